The molecule has 61 valence electrons. The predicted octanol–water partition coefficient (Wildman–Crippen LogP) is 1.85. The SMILES string of the molecule is CCCC[C](O)C(O)CC. The van der Waals surface area contributed by atoms with Crippen molar-refractivity contribution in [1.29, 1.82) is 0 Å². The monoisotopic (exact) mass is 145 g/mol. The second-order valence-electron chi connectivity index (χ2n) is 2.52. The van der Waals surface area contributed by atoms with E-state index in [0.717, 1.165) is 12.8 Å². The van der Waals surface area contributed by atoms with Gasteiger partial charge < -0.3 is 10.2 Å². The molecule has 0 saturated carbocycles. The Morgan fingerprint density at radius 3 is 2.40 bits per heavy atom. The molecule has 0 aromatic carbocycles. The van der Waals surface area contributed by atoms with E-state index in [1.54, 1.807) is 0 Å². The number of rotatable bonds is 5. The molecule has 0 fully saturated rings. The van der Waals surface area contributed by atoms with Crippen molar-refractivity contribution in [2.24, 2.45) is 0 Å². The summed E-state index contributed by atoms with van der Waals surface area (Å²) in [6.07, 6.45) is 2.90. The fraction of sp³-hybridized carbons (Fsp3) is 0.875. The lowest BCUT2D eigenvalue weighted by atomic mass is 10.1. The standard InChI is InChI=1S/C8H17O2/c1-3-5-6-8(10)7(9)4-2/h7,9-10H,3-6H2,1-2H3. The van der Waals surface area contributed by atoms with Gasteiger partial charge in [0.05, 0.1) is 6.10 Å². The van der Waals surface area contributed by atoms with E-state index < -0.39 is 6.10 Å². The summed E-state index contributed by atoms with van der Waals surface area (Å²) in [6.45, 7) is 3.92. The molecule has 0 saturated heterocycles. The molecule has 2 N–H and O–H groups in total. The van der Waals surface area contributed by atoms with Crippen LogP contribution in [0.3, 0.4) is 0 Å². The molecule has 1 atom stereocenters. The average Bonchev–Trinajstić information content (AvgIpc) is 1.98. The molecule has 0 aromatic rings. The van der Waals surface area contributed by atoms with Gasteiger partial charge in [-0.1, -0.05) is 26.7 Å². The summed E-state index contributed by atoms with van der Waals surface area (Å²) in [5, 5.41) is 18.2. The predicted molar refractivity (Wildman–Crippen MR) is 41.0 cm³/mol. The lowest BCUT2D eigenvalue weighted by Crippen LogP contribution is -2.16. The Morgan fingerprint density at radius 2 is 2.00 bits per heavy atom. The van der Waals surface area contributed by atoms with Gasteiger partial charge in [-0.3, -0.25) is 0 Å². The van der Waals surface area contributed by atoms with Gasteiger partial charge in [0.15, 0.2) is 0 Å². The lowest BCUT2D eigenvalue weighted by molar-refractivity contribution is 0.0877. The van der Waals surface area contributed by atoms with E-state index in [2.05, 4.69) is 6.92 Å². The van der Waals surface area contributed by atoms with Crippen LogP contribution in [0.2, 0.25) is 0 Å². The molecule has 0 heterocycles. The molecule has 0 rings (SSSR count). The zero-order valence-electron chi connectivity index (χ0n) is 6.80. The largest absolute Gasteiger partial charge is 0.390 e. The topological polar surface area (TPSA) is 40.5 Å². The van der Waals surface area contributed by atoms with Gasteiger partial charge in [-0.15, -0.1) is 0 Å². The van der Waals surface area contributed by atoms with Gasteiger partial charge in [0.2, 0.25) is 0 Å². The molecular weight excluding hydrogens is 128 g/mol. The first-order valence-electron chi connectivity index (χ1n) is 3.95. The summed E-state index contributed by atoms with van der Waals surface area (Å²) >= 11 is 0. The van der Waals surface area contributed by atoms with E-state index >= 15 is 0 Å². The van der Waals surface area contributed by atoms with Gasteiger partial charge in [0.25, 0.3) is 0 Å². The van der Waals surface area contributed by atoms with Crippen molar-refractivity contribution in [1.82, 2.24) is 0 Å². The molecule has 10 heavy (non-hydrogen) atoms. The third-order valence-electron chi connectivity index (χ3n) is 1.56. The van der Waals surface area contributed by atoms with E-state index in [1.165, 1.54) is 0 Å². The maximum Gasteiger partial charge on any atom is 0.122 e. The quantitative estimate of drug-likeness (QED) is 0.619. The molecular formula is C8H17O2. The Bertz CT molecular complexity index is 73.7. The third-order valence-corrected chi connectivity index (χ3v) is 1.56. The smallest absolute Gasteiger partial charge is 0.122 e. The number of aliphatic hydroxyl groups excluding tert-OH is 2. The van der Waals surface area contributed by atoms with Crippen molar-refractivity contribution < 1.29 is 10.2 Å². The normalized spacial score (nSPS) is 14.1. The Kier molecular flexibility index (Phi) is 5.64. The van der Waals surface area contributed by atoms with Crippen molar-refractivity contribution in [3.63, 3.8) is 0 Å². The first-order chi connectivity index (χ1) is 4.72. The Labute approximate surface area is 62.9 Å². The summed E-state index contributed by atoms with van der Waals surface area (Å²) < 4.78 is 0. The summed E-state index contributed by atoms with van der Waals surface area (Å²) in [4.78, 5) is 0. The fourth-order valence-corrected chi connectivity index (χ4v) is 0.760. The van der Waals surface area contributed by atoms with E-state index in [9.17, 15) is 0 Å². The summed E-state index contributed by atoms with van der Waals surface area (Å²) in [7, 11) is 0. The third kappa shape index (κ3) is 3.85. The van der Waals surface area contributed by atoms with Crippen molar-refractivity contribution >= 4 is 0 Å². The molecule has 2 heteroatoms. The summed E-state index contributed by atoms with van der Waals surface area (Å²) in [6, 6.07) is 0. The van der Waals surface area contributed by atoms with Crippen LogP contribution in [0, 0.1) is 6.10 Å². The number of hydrogen-bond donors (Lipinski definition) is 2. The minimum Gasteiger partial charge on any atom is -0.390 e. The van der Waals surface area contributed by atoms with Gasteiger partial charge in [0, 0.05) is 0 Å². The van der Waals surface area contributed by atoms with Gasteiger partial charge in [-0.25, -0.2) is 0 Å². The maximum absolute atomic E-state index is 9.12. The summed E-state index contributed by atoms with van der Waals surface area (Å²) in [5.74, 6) is 0. The molecule has 0 aliphatic carbocycles. The van der Waals surface area contributed by atoms with E-state index in [1.807, 2.05) is 6.92 Å². The van der Waals surface area contributed by atoms with Gasteiger partial charge in [-0.05, 0) is 12.8 Å². The van der Waals surface area contributed by atoms with Crippen molar-refractivity contribution in [2.75, 3.05) is 0 Å². The maximum atomic E-state index is 9.12. The number of aliphatic hydroxyl groups is 2. The van der Waals surface area contributed by atoms with Crippen LogP contribution in [0.15, 0.2) is 0 Å². The molecule has 1 radical (unpaired) electrons. The van der Waals surface area contributed by atoms with Crippen LogP contribution in [-0.2, 0) is 0 Å². The molecule has 2 nitrogen and oxygen atoms in total. The van der Waals surface area contributed by atoms with Crippen LogP contribution in [0.5, 0.6) is 0 Å². The van der Waals surface area contributed by atoms with Gasteiger partial charge in [-0.2, -0.15) is 0 Å². The van der Waals surface area contributed by atoms with Crippen LogP contribution >= 0.6 is 0 Å². The highest BCUT2D eigenvalue weighted by Gasteiger charge is 2.13. The molecule has 0 aliphatic rings. The van der Waals surface area contributed by atoms with E-state index in [0.29, 0.717) is 12.8 Å². The first-order valence-corrected chi connectivity index (χ1v) is 3.95. The number of unbranched alkanes of at least 4 members (excludes halogenated alkanes) is 1. The number of hydrogen-bond acceptors (Lipinski definition) is 2. The molecule has 0 amide bonds. The highest BCUT2D eigenvalue weighted by molar-refractivity contribution is 4.83. The second kappa shape index (κ2) is 5.69. The zero-order chi connectivity index (χ0) is 7.98. The highest BCUT2D eigenvalue weighted by atomic mass is 16.3. The van der Waals surface area contributed by atoms with Gasteiger partial charge >= 0.3 is 0 Å². The zero-order valence-corrected chi connectivity index (χ0v) is 6.80. The first kappa shape index (κ1) is 9.92. The molecule has 0 aromatic heterocycles. The van der Waals surface area contributed by atoms with Crippen LogP contribution < -0.4 is 0 Å². The van der Waals surface area contributed by atoms with Crippen LogP contribution in [-0.4, -0.2) is 16.3 Å². The Balaban J connectivity index is 3.31. The van der Waals surface area contributed by atoms with Crippen LogP contribution in [0.4, 0.5) is 0 Å². The molecule has 0 spiro atoms. The minimum absolute atomic E-state index is 0.240. The average molecular weight is 145 g/mol. The van der Waals surface area contributed by atoms with E-state index in [4.69, 9.17) is 10.2 Å². The highest BCUT2D eigenvalue weighted by Crippen LogP contribution is 2.13. The molecule has 0 aliphatic heterocycles. The molecule has 1 unspecified atom stereocenters. The fourth-order valence-electron chi connectivity index (χ4n) is 0.760. The Hall–Kier alpha value is -0.0800. The van der Waals surface area contributed by atoms with Crippen molar-refractivity contribution in [2.45, 2.75) is 45.6 Å². The molecule has 0 bridgehead atoms. The van der Waals surface area contributed by atoms with E-state index in [-0.39, 0.29) is 6.10 Å². The second-order valence-corrected chi connectivity index (χ2v) is 2.52. The summed E-state index contributed by atoms with van der Waals surface area (Å²) in [5.41, 5.74) is 0. The van der Waals surface area contributed by atoms with Crippen LogP contribution in [0.25, 0.3) is 0 Å². The minimum atomic E-state index is -0.605. The van der Waals surface area contributed by atoms with Gasteiger partial charge in [0.1, 0.15) is 6.10 Å². The van der Waals surface area contributed by atoms with Crippen LogP contribution in [0.1, 0.15) is 39.5 Å². The van der Waals surface area contributed by atoms with Crippen molar-refractivity contribution in [3.05, 3.63) is 6.10 Å². The Morgan fingerprint density at radius 1 is 1.40 bits per heavy atom. The lowest BCUT2D eigenvalue weighted by Gasteiger charge is -2.13. The van der Waals surface area contributed by atoms with Crippen molar-refractivity contribution in [3.8, 4) is 0 Å².